The summed E-state index contributed by atoms with van der Waals surface area (Å²) < 4.78 is 4.97. The van der Waals surface area contributed by atoms with Crippen LogP contribution < -0.4 is 10.1 Å². The third-order valence-electron chi connectivity index (χ3n) is 2.51. The average molecular weight is 269 g/mol. The number of phenols is 1. The minimum atomic E-state index is -0.261. The lowest BCUT2D eigenvalue weighted by molar-refractivity contribution is 0.0946. The van der Waals surface area contributed by atoms with Crippen LogP contribution in [0.2, 0.25) is 0 Å². The van der Waals surface area contributed by atoms with Gasteiger partial charge in [0.2, 0.25) is 0 Å². The normalized spacial score (nSPS) is 11.9. The molecule has 0 aliphatic carbocycles. The van der Waals surface area contributed by atoms with E-state index in [4.69, 9.17) is 4.74 Å². The molecule has 1 rings (SSSR count). The molecule has 0 aliphatic rings. The lowest BCUT2D eigenvalue weighted by Crippen LogP contribution is -2.29. The summed E-state index contributed by atoms with van der Waals surface area (Å²) in [6.07, 6.45) is 2.04. The van der Waals surface area contributed by atoms with E-state index in [0.29, 0.717) is 18.2 Å². The van der Waals surface area contributed by atoms with E-state index in [2.05, 4.69) is 12.2 Å². The molecule has 18 heavy (non-hydrogen) atoms. The first-order valence-electron chi connectivity index (χ1n) is 5.72. The monoisotopic (exact) mass is 269 g/mol. The third-order valence-corrected chi connectivity index (χ3v) is 3.41. The van der Waals surface area contributed by atoms with E-state index in [-0.39, 0.29) is 17.2 Å². The number of rotatable bonds is 6. The second kappa shape index (κ2) is 7.16. The molecule has 1 atom stereocenters. The molecule has 1 aromatic rings. The Kier molecular flexibility index (Phi) is 5.85. The number of nitrogens with one attached hydrogen (secondary N) is 1. The van der Waals surface area contributed by atoms with Gasteiger partial charge in [-0.15, -0.1) is 0 Å². The zero-order valence-electron chi connectivity index (χ0n) is 10.9. The van der Waals surface area contributed by atoms with Crippen molar-refractivity contribution in [3.05, 3.63) is 23.8 Å². The van der Waals surface area contributed by atoms with Crippen LogP contribution in [0.25, 0.3) is 0 Å². The first-order valence-corrected chi connectivity index (χ1v) is 7.12. The largest absolute Gasteiger partial charge is 0.507 e. The maximum absolute atomic E-state index is 11.9. The Balaban J connectivity index is 2.61. The first kappa shape index (κ1) is 14.7. The summed E-state index contributed by atoms with van der Waals surface area (Å²) in [7, 11) is 1.51. The van der Waals surface area contributed by atoms with Crippen molar-refractivity contribution in [3.8, 4) is 11.5 Å². The summed E-state index contributed by atoms with van der Waals surface area (Å²) in [5, 5.41) is 12.5. The molecule has 0 spiro atoms. The van der Waals surface area contributed by atoms with Crippen LogP contribution in [0.5, 0.6) is 11.5 Å². The molecule has 0 saturated carbocycles. The number of thioether (sulfide) groups is 1. The van der Waals surface area contributed by atoms with E-state index < -0.39 is 0 Å². The molecule has 2 N–H and O–H groups in total. The van der Waals surface area contributed by atoms with E-state index in [1.165, 1.54) is 13.2 Å². The van der Waals surface area contributed by atoms with E-state index in [1.54, 1.807) is 23.9 Å². The Morgan fingerprint density at radius 3 is 2.83 bits per heavy atom. The number of aromatic hydroxyl groups is 1. The van der Waals surface area contributed by atoms with Crippen LogP contribution in [-0.2, 0) is 0 Å². The van der Waals surface area contributed by atoms with Gasteiger partial charge in [-0.2, -0.15) is 11.8 Å². The van der Waals surface area contributed by atoms with Crippen LogP contribution in [0, 0.1) is 5.92 Å². The van der Waals surface area contributed by atoms with Gasteiger partial charge in [-0.3, -0.25) is 4.79 Å². The second-order valence-corrected chi connectivity index (χ2v) is 5.06. The van der Waals surface area contributed by atoms with Crippen LogP contribution in [0.1, 0.15) is 17.3 Å². The number of benzene rings is 1. The summed E-state index contributed by atoms with van der Waals surface area (Å²) in [4.78, 5) is 11.9. The molecule has 0 aliphatic heterocycles. The molecular formula is C13H19NO3S. The van der Waals surface area contributed by atoms with Gasteiger partial charge < -0.3 is 15.2 Å². The third kappa shape index (κ3) is 4.14. The molecule has 1 unspecified atom stereocenters. The summed E-state index contributed by atoms with van der Waals surface area (Å²) in [5.41, 5.74) is 0.271. The Morgan fingerprint density at radius 1 is 1.56 bits per heavy atom. The molecule has 100 valence electrons. The number of phenolic OH excluding ortho intramolecular Hbond substituents is 1. The highest BCUT2D eigenvalue weighted by Crippen LogP contribution is 2.23. The molecule has 0 fully saturated rings. The Morgan fingerprint density at radius 2 is 2.28 bits per heavy atom. The summed E-state index contributed by atoms with van der Waals surface area (Å²) >= 11 is 1.75. The van der Waals surface area contributed by atoms with Gasteiger partial charge in [-0.05, 0) is 30.1 Å². The van der Waals surface area contributed by atoms with Crippen molar-refractivity contribution in [3.63, 3.8) is 0 Å². The maximum atomic E-state index is 11.9. The zero-order chi connectivity index (χ0) is 13.5. The topological polar surface area (TPSA) is 58.6 Å². The molecule has 5 heteroatoms. The van der Waals surface area contributed by atoms with Gasteiger partial charge in [-0.1, -0.05) is 6.92 Å². The van der Waals surface area contributed by atoms with Crippen molar-refractivity contribution in [2.24, 2.45) is 5.92 Å². The van der Waals surface area contributed by atoms with Crippen LogP contribution in [0.3, 0.4) is 0 Å². The summed E-state index contributed by atoms with van der Waals surface area (Å²) in [6, 6.07) is 4.64. The van der Waals surface area contributed by atoms with Gasteiger partial charge >= 0.3 is 0 Å². The second-order valence-electron chi connectivity index (χ2n) is 4.15. The Hall–Kier alpha value is -1.36. The highest BCUT2D eigenvalue weighted by Gasteiger charge is 2.12. The molecule has 0 radical (unpaired) electrons. The average Bonchev–Trinajstić information content (AvgIpc) is 2.36. The lowest BCUT2D eigenvalue weighted by Gasteiger charge is -2.12. The number of carbonyl (C=O) groups excluding carboxylic acids is 1. The van der Waals surface area contributed by atoms with Gasteiger partial charge in [0, 0.05) is 12.6 Å². The molecule has 0 aromatic heterocycles. The fourth-order valence-electron chi connectivity index (χ4n) is 1.54. The van der Waals surface area contributed by atoms with Crippen molar-refractivity contribution in [2.75, 3.05) is 25.7 Å². The van der Waals surface area contributed by atoms with Crippen LogP contribution in [0.15, 0.2) is 18.2 Å². The number of ether oxygens (including phenoxy) is 1. The quantitative estimate of drug-likeness (QED) is 0.830. The van der Waals surface area contributed by atoms with Gasteiger partial charge in [0.25, 0.3) is 5.91 Å². The summed E-state index contributed by atoms with van der Waals surface area (Å²) in [6.45, 7) is 2.68. The zero-order valence-corrected chi connectivity index (χ0v) is 11.7. The molecule has 0 heterocycles. The van der Waals surface area contributed by atoms with Crippen molar-refractivity contribution < 1.29 is 14.6 Å². The fraction of sp³-hybridized carbons (Fsp3) is 0.462. The number of hydrogen-bond acceptors (Lipinski definition) is 4. The lowest BCUT2D eigenvalue weighted by atomic mass is 10.1. The van der Waals surface area contributed by atoms with E-state index >= 15 is 0 Å². The molecule has 4 nitrogen and oxygen atoms in total. The van der Waals surface area contributed by atoms with Crippen LogP contribution in [-0.4, -0.2) is 36.7 Å². The van der Waals surface area contributed by atoms with Gasteiger partial charge in [-0.25, -0.2) is 0 Å². The van der Waals surface area contributed by atoms with Gasteiger partial charge in [0.15, 0.2) is 0 Å². The predicted molar refractivity (Wildman–Crippen MR) is 74.5 cm³/mol. The van der Waals surface area contributed by atoms with E-state index in [9.17, 15) is 9.90 Å². The predicted octanol–water partition coefficient (Wildman–Crippen LogP) is 2.13. The molecule has 1 aromatic carbocycles. The number of amides is 1. The van der Waals surface area contributed by atoms with E-state index in [0.717, 1.165) is 5.75 Å². The molecule has 0 bridgehead atoms. The Labute approximate surface area is 112 Å². The highest BCUT2D eigenvalue weighted by atomic mass is 32.2. The fourth-order valence-corrected chi connectivity index (χ4v) is 2.22. The first-order chi connectivity index (χ1) is 8.58. The standard InChI is InChI=1S/C13H19NO3S/c1-9(8-18-3)7-14-13(16)11-5-4-10(17-2)6-12(11)15/h4-6,9,15H,7-8H2,1-3H3,(H,14,16). The van der Waals surface area contributed by atoms with Gasteiger partial charge in [0.05, 0.1) is 12.7 Å². The SMILES string of the molecule is COc1ccc(C(=O)NCC(C)CSC)c(O)c1. The van der Waals surface area contributed by atoms with E-state index in [1.807, 2.05) is 6.26 Å². The molecular weight excluding hydrogens is 250 g/mol. The van der Waals surface area contributed by atoms with Crippen molar-refractivity contribution in [1.29, 1.82) is 0 Å². The highest BCUT2D eigenvalue weighted by molar-refractivity contribution is 7.98. The van der Waals surface area contributed by atoms with Crippen molar-refractivity contribution in [1.82, 2.24) is 5.32 Å². The van der Waals surface area contributed by atoms with Crippen molar-refractivity contribution >= 4 is 17.7 Å². The smallest absolute Gasteiger partial charge is 0.255 e. The maximum Gasteiger partial charge on any atom is 0.255 e. The number of carbonyl (C=O) groups is 1. The molecule has 0 saturated heterocycles. The van der Waals surface area contributed by atoms with Crippen LogP contribution in [0.4, 0.5) is 0 Å². The Bertz CT molecular complexity index is 409. The van der Waals surface area contributed by atoms with Gasteiger partial charge in [0.1, 0.15) is 11.5 Å². The minimum Gasteiger partial charge on any atom is -0.507 e. The van der Waals surface area contributed by atoms with Crippen molar-refractivity contribution in [2.45, 2.75) is 6.92 Å². The van der Waals surface area contributed by atoms with Crippen LogP contribution >= 0.6 is 11.8 Å². The molecule has 1 amide bonds. The summed E-state index contributed by atoms with van der Waals surface area (Å²) in [5.74, 6) is 1.60. The minimum absolute atomic E-state index is 0.0654. The number of hydrogen-bond donors (Lipinski definition) is 2. The number of methoxy groups -OCH3 is 1.